The van der Waals surface area contributed by atoms with Crippen LogP contribution in [-0.4, -0.2) is 35.7 Å². The number of carbonyl (C=O) groups is 1. The molecule has 2 rings (SSSR count). The van der Waals surface area contributed by atoms with Crippen LogP contribution in [0, 0.1) is 11.3 Å². The predicted molar refractivity (Wildman–Crippen MR) is 68.8 cm³/mol. The fourth-order valence-corrected chi connectivity index (χ4v) is 3.07. The van der Waals surface area contributed by atoms with Gasteiger partial charge in [0.25, 0.3) is 0 Å². The highest BCUT2D eigenvalue weighted by Gasteiger charge is 2.46. The van der Waals surface area contributed by atoms with Gasteiger partial charge in [0.15, 0.2) is 0 Å². The Morgan fingerprint density at radius 3 is 2.65 bits per heavy atom. The van der Waals surface area contributed by atoms with Gasteiger partial charge in [0.1, 0.15) is 11.6 Å². The first-order chi connectivity index (χ1) is 7.98. The molecule has 0 saturated heterocycles. The zero-order valence-corrected chi connectivity index (χ0v) is 11.3. The third-order valence-corrected chi connectivity index (χ3v) is 3.89. The third-order valence-electron chi connectivity index (χ3n) is 3.89. The minimum Gasteiger partial charge on any atom is -0.359 e. The molecule has 1 N–H and O–H groups in total. The lowest BCUT2D eigenvalue weighted by Gasteiger charge is -2.37. The Hall–Kier alpha value is -1.06. The molecule has 0 bridgehead atoms. The SMILES string of the molecule is CCN(CC)C1=NN[C@H]2CC(C)(C)CC(=O)[C@H]12. The fraction of sp³-hybridized carbons (Fsp3) is 0.846. The number of ketones is 1. The topological polar surface area (TPSA) is 44.7 Å². The highest BCUT2D eigenvalue weighted by Crippen LogP contribution is 2.38. The van der Waals surface area contributed by atoms with Crippen LogP contribution in [0.15, 0.2) is 5.10 Å². The van der Waals surface area contributed by atoms with E-state index < -0.39 is 0 Å². The van der Waals surface area contributed by atoms with Gasteiger partial charge in [-0.15, -0.1) is 0 Å². The lowest BCUT2D eigenvalue weighted by molar-refractivity contribution is -0.126. The molecule has 0 aromatic rings. The Kier molecular flexibility index (Phi) is 3.15. The number of hydrazone groups is 1. The molecule has 96 valence electrons. The molecule has 0 radical (unpaired) electrons. The first kappa shape index (κ1) is 12.4. The van der Waals surface area contributed by atoms with E-state index in [4.69, 9.17) is 0 Å². The number of hydrogen-bond acceptors (Lipinski definition) is 4. The molecule has 1 aliphatic carbocycles. The zero-order chi connectivity index (χ0) is 12.6. The summed E-state index contributed by atoms with van der Waals surface area (Å²) in [6.07, 6.45) is 1.70. The van der Waals surface area contributed by atoms with Gasteiger partial charge in [-0.05, 0) is 25.7 Å². The van der Waals surface area contributed by atoms with Crippen LogP contribution < -0.4 is 5.43 Å². The summed E-state index contributed by atoms with van der Waals surface area (Å²) >= 11 is 0. The number of carbonyl (C=O) groups excluding carboxylic acids is 1. The molecule has 1 fully saturated rings. The second-order valence-corrected chi connectivity index (χ2v) is 5.87. The quantitative estimate of drug-likeness (QED) is 0.793. The van der Waals surface area contributed by atoms with Gasteiger partial charge >= 0.3 is 0 Å². The van der Waals surface area contributed by atoms with Crippen LogP contribution in [0.4, 0.5) is 0 Å². The van der Waals surface area contributed by atoms with Gasteiger partial charge in [-0.25, -0.2) is 0 Å². The standard InChI is InChI=1S/C13H23N3O/c1-5-16(6-2)12-11-9(14-15-12)7-13(3,4)8-10(11)17/h9,11,14H,5-8H2,1-4H3/t9-,11+/m0/s1. The zero-order valence-electron chi connectivity index (χ0n) is 11.3. The van der Waals surface area contributed by atoms with Gasteiger partial charge in [-0.2, -0.15) is 5.10 Å². The Balaban J connectivity index is 2.18. The predicted octanol–water partition coefficient (Wildman–Crippen LogP) is 1.62. The van der Waals surface area contributed by atoms with Crippen molar-refractivity contribution in [3.8, 4) is 0 Å². The van der Waals surface area contributed by atoms with Crippen LogP contribution in [0.5, 0.6) is 0 Å². The lowest BCUT2D eigenvalue weighted by atomic mass is 9.69. The Morgan fingerprint density at radius 2 is 2.06 bits per heavy atom. The van der Waals surface area contributed by atoms with Crippen LogP contribution in [0.2, 0.25) is 0 Å². The second kappa shape index (κ2) is 4.31. The van der Waals surface area contributed by atoms with Crippen LogP contribution in [0.1, 0.15) is 40.5 Å². The third kappa shape index (κ3) is 2.17. The molecule has 2 aliphatic rings. The molecule has 2 atom stereocenters. The number of hydrogen-bond donors (Lipinski definition) is 1. The molecule has 4 nitrogen and oxygen atoms in total. The number of amidine groups is 1. The van der Waals surface area contributed by atoms with E-state index in [0.717, 1.165) is 25.3 Å². The summed E-state index contributed by atoms with van der Waals surface area (Å²) in [5, 5.41) is 4.41. The van der Waals surface area contributed by atoms with Crippen molar-refractivity contribution in [1.29, 1.82) is 0 Å². The average molecular weight is 237 g/mol. The van der Waals surface area contributed by atoms with E-state index in [2.05, 4.69) is 43.1 Å². The van der Waals surface area contributed by atoms with E-state index >= 15 is 0 Å². The number of nitrogens with one attached hydrogen (secondary N) is 1. The summed E-state index contributed by atoms with van der Waals surface area (Å²) in [7, 11) is 0. The molecule has 4 heteroatoms. The summed E-state index contributed by atoms with van der Waals surface area (Å²) in [6.45, 7) is 10.4. The molecule has 0 aromatic carbocycles. The van der Waals surface area contributed by atoms with Crippen molar-refractivity contribution in [3.63, 3.8) is 0 Å². The maximum absolute atomic E-state index is 12.3. The van der Waals surface area contributed by atoms with Gasteiger partial charge in [-0.1, -0.05) is 13.8 Å². The van der Waals surface area contributed by atoms with Gasteiger partial charge < -0.3 is 10.3 Å². The maximum Gasteiger partial charge on any atom is 0.146 e. The van der Waals surface area contributed by atoms with Crippen LogP contribution >= 0.6 is 0 Å². The Morgan fingerprint density at radius 1 is 1.41 bits per heavy atom. The number of rotatable bonds is 2. The molecule has 0 unspecified atom stereocenters. The normalized spacial score (nSPS) is 30.6. The van der Waals surface area contributed by atoms with Crippen molar-refractivity contribution < 1.29 is 4.79 Å². The van der Waals surface area contributed by atoms with Gasteiger partial charge in [0.2, 0.25) is 0 Å². The minimum atomic E-state index is -0.0112. The summed E-state index contributed by atoms with van der Waals surface area (Å²) in [5.74, 6) is 1.30. The Labute approximate surface area is 103 Å². The van der Waals surface area contributed by atoms with Gasteiger partial charge in [0.05, 0.1) is 12.0 Å². The fourth-order valence-electron chi connectivity index (χ4n) is 3.07. The molecule has 1 saturated carbocycles. The number of fused-ring (bicyclic) bond motifs is 1. The summed E-state index contributed by atoms with van der Waals surface area (Å²) in [6, 6.07) is 0.210. The largest absolute Gasteiger partial charge is 0.359 e. The highest BCUT2D eigenvalue weighted by molar-refractivity contribution is 6.06. The van der Waals surface area contributed by atoms with Crippen molar-refractivity contribution in [2.24, 2.45) is 16.4 Å². The van der Waals surface area contributed by atoms with E-state index in [1.165, 1.54) is 0 Å². The van der Waals surface area contributed by atoms with Crippen molar-refractivity contribution in [2.45, 2.75) is 46.6 Å². The van der Waals surface area contributed by atoms with Crippen LogP contribution in [0.25, 0.3) is 0 Å². The Bertz CT molecular complexity index is 345. The molecular weight excluding hydrogens is 214 g/mol. The molecule has 0 aromatic heterocycles. The summed E-state index contributed by atoms with van der Waals surface area (Å²) < 4.78 is 0. The highest BCUT2D eigenvalue weighted by atomic mass is 16.1. The van der Waals surface area contributed by atoms with Crippen LogP contribution in [-0.2, 0) is 4.79 Å². The van der Waals surface area contributed by atoms with Crippen LogP contribution in [0.3, 0.4) is 0 Å². The molecule has 17 heavy (non-hydrogen) atoms. The van der Waals surface area contributed by atoms with E-state index in [9.17, 15) is 4.79 Å². The first-order valence-electron chi connectivity index (χ1n) is 6.59. The molecule has 0 spiro atoms. The minimum absolute atomic E-state index is 0.0112. The lowest BCUT2D eigenvalue weighted by Crippen LogP contribution is -2.48. The summed E-state index contributed by atoms with van der Waals surface area (Å²) in [5.41, 5.74) is 3.28. The summed E-state index contributed by atoms with van der Waals surface area (Å²) in [4.78, 5) is 14.5. The van der Waals surface area contributed by atoms with Gasteiger partial charge in [-0.3, -0.25) is 4.79 Å². The van der Waals surface area contributed by atoms with E-state index in [1.54, 1.807) is 0 Å². The molecule has 0 amide bonds. The van der Waals surface area contributed by atoms with E-state index in [-0.39, 0.29) is 17.4 Å². The van der Waals surface area contributed by atoms with Crippen molar-refractivity contribution in [2.75, 3.05) is 13.1 Å². The second-order valence-electron chi connectivity index (χ2n) is 5.87. The van der Waals surface area contributed by atoms with E-state index in [0.29, 0.717) is 12.2 Å². The van der Waals surface area contributed by atoms with Crippen molar-refractivity contribution in [3.05, 3.63) is 0 Å². The smallest absolute Gasteiger partial charge is 0.146 e. The number of nitrogens with zero attached hydrogens (tertiary/aromatic N) is 2. The molecular formula is C13H23N3O. The average Bonchev–Trinajstić information content (AvgIpc) is 2.62. The van der Waals surface area contributed by atoms with Crippen molar-refractivity contribution >= 4 is 11.6 Å². The maximum atomic E-state index is 12.3. The first-order valence-corrected chi connectivity index (χ1v) is 6.59. The van der Waals surface area contributed by atoms with E-state index in [1.807, 2.05) is 0 Å². The van der Waals surface area contributed by atoms with Gasteiger partial charge in [0, 0.05) is 19.5 Å². The number of Topliss-reactive ketones (excluding diaryl/α,β-unsaturated/α-hetero) is 1. The molecule has 1 aliphatic heterocycles. The molecule has 1 heterocycles. The van der Waals surface area contributed by atoms with Crippen molar-refractivity contribution in [1.82, 2.24) is 10.3 Å². The monoisotopic (exact) mass is 237 g/mol.